The van der Waals surface area contributed by atoms with Gasteiger partial charge in [0.2, 0.25) is 0 Å². The topological polar surface area (TPSA) is 77.6 Å². The highest BCUT2D eigenvalue weighted by Crippen LogP contribution is 2.31. The second kappa shape index (κ2) is 5.70. The zero-order valence-electron chi connectivity index (χ0n) is 13.1. The molecule has 116 valence electrons. The molecule has 24 heavy (non-hydrogen) atoms. The minimum Gasteiger partial charge on any atom is -0.382 e. The van der Waals surface area contributed by atoms with E-state index in [1.807, 2.05) is 60.7 Å². The summed E-state index contributed by atoms with van der Waals surface area (Å²) in [5.74, 6) is 0.933. The van der Waals surface area contributed by atoms with E-state index in [-0.39, 0.29) is 0 Å². The van der Waals surface area contributed by atoms with Gasteiger partial charge in [0.05, 0.1) is 11.4 Å². The number of aromatic nitrogens is 4. The summed E-state index contributed by atoms with van der Waals surface area (Å²) in [7, 11) is 0. The first-order chi connectivity index (χ1) is 11.7. The number of hydrogen-bond acceptors (Lipinski definition) is 5. The van der Waals surface area contributed by atoms with Crippen LogP contribution in [0.2, 0.25) is 0 Å². The minimum absolute atomic E-state index is 0.349. The Kier molecular flexibility index (Phi) is 3.39. The molecule has 0 fully saturated rings. The lowest BCUT2D eigenvalue weighted by molar-refractivity contribution is 1.07. The van der Waals surface area contributed by atoms with E-state index < -0.39 is 0 Å². The van der Waals surface area contributed by atoms with Crippen molar-refractivity contribution in [2.45, 2.75) is 6.92 Å². The Balaban J connectivity index is 2.08. The van der Waals surface area contributed by atoms with Gasteiger partial charge >= 0.3 is 0 Å². The molecular weight excluding hydrogens is 298 g/mol. The van der Waals surface area contributed by atoms with Gasteiger partial charge in [0, 0.05) is 11.1 Å². The van der Waals surface area contributed by atoms with Crippen LogP contribution in [-0.4, -0.2) is 19.9 Å². The van der Waals surface area contributed by atoms with Crippen molar-refractivity contribution >= 4 is 17.0 Å². The molecule has 4 rings (SSSR count). The first-order valence-corrected chi connectivity index (χ1v) is 7.65. The van der Waals surface area contributed by atoms with Crippen LogP contribution in [-0.2, 0) is 0 Å². The van der Waals surface area contributed by atoms with E-state index in [0.717, 1.165) is 22.5 Å². The third-order valence-electron chi connectivity index (χ3n) is 3.76. The summed E-state index contributed by atoms with van der Waals surface area (Å²) >= 11 is 0. The van der Waals surface area contributed by atoms with Crippen molar-refractivity contribution in [1.29, 1.82) is 0 Å². The minimum atomic E-state index is 0.349. The number of aryl methyl sites for hydroxylation is 1. The van der Waals surface area contributed by atoms with Gasteiger partial charge in [0.15, 0.2) is 17.0 Å². The molecule has 0 spiro atoms. The summed E-state index contributed by atoms with van der Waals surface area (Å²) < 4.78 is 0. The lowest BCUT2D eigenvalue weighted by Crippen LogP contribution is -2.03. The quantitative estimate of drug-likeness (QED) is 0.611. The molecule has 0 aliphatic carbocycles. The van der Waals surface area contributed by atoms with Crippen LogP contribution in [0.4, 0.5) is 5.82 Å². The predicted molar refractivity (Wildman–Crippen MR) is 95.1 cm³/mol. The average molecular weight is 313 g/mol. The molecule has 0 amide bonds. The van der Waals surface area contributed by atoms with E-state index in [1.54, 1.807) is 6.92 Å². The van der Waals surface area contributed by atoms with Gasteiger partial charge in [0.25, 0.3) is 0 Å². The van der Waals surface area contributed by atoms with Gasteiger partial charge in [-0.15, -0.1) is 0 Å². The molecule has 0 radical (unpaired) electrons. The fourth-order valence-corrected chi connectivity index (χ4v) is 2.68. The zero-order chi connectivity index (χ0) is 16.5. The molecule has 2 heterocycles. The van der Waals surface area contributed by atoms with E-state index in [2.05, 4.69) is 9.97 Å². The van der Waals surface area contributed by atoms with Crippen LogP contribution in [0.25, 0.3) is 33.7 Å². The smallest absolute Gasteiger partial charge is 0.184 e. The van der Waals surface area contributed by atoms with Crippen molar-refractivity contribution in [1.82, 2.24) is 19.9 Å². The van der Waals surface area contributed by atoms with Crippen LogP contribution < -0.4 is 5.73 Å². The summed E-state index contributed by atoms with van der Waals surface area (Å²) in [6.07, 6.45) is 0. The highest BCUT2D eigenvalue weighted by molar-refractivity contribution is 5.88. The standard InChI is InChI=1S/C19H15N5/c1-12-21-18(20)17-19(22-12)24-16(14-10-6-3-7-11-14)15(23-17)13-8-4-2-5-9-13/h2-11H,1H3,(H2,20,21,22,24). The number of nitrogens with two attached hydrogens (primary N) is 1. The molecule has 4 aromatic rings. The summed E-state index contributed by atoms with van der Waals surface area (Å²) in [4.78, 5) is 18.1. The second-order valence-corrected chi connectivity index (χ2v) is 5.48. The number of hydrogen-bond donors (Lipinski definition) is 1. The summed E-state index contributed by atoms with van der Waals surface area (Å²) in [6, 6.07) is 19.9. The molecule has 0 unspecified atom stereocenters. The van der Waals surface area contributed by atoms with Gasteiger partial charge in [-0.1, -0.05) is 60.7 Å². The zero-order valence-corrected chi connectivity index (χ0v) is 13.1. The summed E-state index contributed by atoms with van der Waals surface area (Å²) in [6.45, 7) is 1.80. The van der Waals surface area contributed by atoms with Crippen molar-refractivity contribution in [2.75, 3.05) is 5.73 Å². The van der Waals surface area contributed by atoms with Crippen molar-refractivity contribution in [3.8, 4) is 22.5 Å². The Morgan fingerprint density at radius 2 is 1.21 bits per heavy atom. The average Bonchev–Trinajstić information content (AvgIpc) is 2.62. The lowest BCUT2D eigenvalue weighted by atomic mass is 10.0. The van der Waals surface area contributed by atoms with Crippen LogP contribution in [0.5, 0.6) is 0 Å². The molecule has 0 atom stereocenters. The molecular formula is C19H15N5. The first kappa shape index (κ1) is 14.3. The van der Waals surface area contributed by atoms with Crippen LogP contribution in [0.15, 0.2) is 60.7 Å². The number of fused-ring (bicyclic) bond motifs is 1. The summed E-state index contributed by atoms with van der Waals surface area (Å²) in [5.41, 5.74) is 10.6. The molecule has 0 aliphatic heterocycles. The molecule has 2 aromatic carbocycles. The molecule has 5 nitrogen and oxygen atoms in total. The van der Waals surface area contributed by atoms with Crippen LogP contribution in [0.3, 0.4) is 0 Å². The van der Waals surface area contributed by atoms with E-state index in [0.29, 0.717) is 22.8 Å². The Morgan fingerprint density at radius 1 is 0.667 bits per heavy atom. The first-order valence-electron chi connectivity index (χ1n) is 7.65. The van der Waals surface area contributed by atoms with Crippen molar-refractivity contribution in [3.63, 3.8) is 0 Å². The highest BCUT2D eigenvalue weighted by Gasteiger charge is 2.15. The largest absolute Gasteiger partial charge is 0.382 e. The van der Waals surface area contributed by atoms with Gasteiger partial charge in [-0.2, -0.15) is 0 Å². The molecule has 2 aromatic heterocycles. The lowest BCUT2D eigenvalue weighted by Gasteiger charge is -2.11. The maximum atomic E-state index is 6.04. The van der Waals surface area contributed by atoms with Gasteiger partial charge < -0.3 is 5.73 Å². The highest BCUT2D eigenvalue weighted by atomic mass is 15.0. The van der Waals surface area contributed by atoms with E-state index >= 15 is 0 Å². The van der Waals surface area contributed by atoms with Gasteiger partial charge in [-0.05, 0) is 6.92 Å². The van der Waals surface area contributed by atoms with Gasteiger partial charge in [-0.25, -0.2) is 19.9 Å². The molecule has 0 saturated carbocycles. The monoisotopic (exact) mass is 313 g/mol. The fourth-order valence-electron chi connectivity index (χ4n) is 2.68. The Hall–Kier alpha value is -3.34. The Bertz CT molecular complexity index is 1010. The SMILES string of the molecule is Cc1nc(N)c2nc(-c3ccccc3)c(-c3ccccc3)nc2n1. The van der Waals surface area contributed by atoms with Crippen LogP contribution in [0, 0.1) is 6.92 Å². The normalized spacial score (nSPS) is 10.9. The maximum Gasteiger partial charge on any atom is 0.184 e. The number of nitrogens with zero attached hydrogens (tertiary/aromatic N) is 4. The van der Waals surface area contributed by atoms with E-state index in [9.17, 15) is 0 Å². The van der Waals surface area contributed by atoms with Crippen LogP contribution in [0.1, 0.15) is 5.82 Å². The van der Waals surface area contributed by atoms with E-state index in [4.69, 9.17) is 15.7 Å². The van der Waals surface area contributed by atoms with Crippen molar-refractivity contribution < 1.29 is 0 Å². The summed E-state index contributed by atoms with van der Waals surface area (Å²) in [5, 5.41) is 0. The predicted octanol–water partition coefficient (Wildman–Crippen LogP) is 3.64. The molecule has 0 bridgehead atoms. The fraction of sp³-hybridized carbons (Fsp3) is 0.0526. The third-order valence-corrected chi connectivity index (χ3v) is 3.76. The van der Waals surface area contributed by atoms with E-state index in [1.165, 1.54) is 0 Å². The van der Waals surface area contributed by atoms with Crippen molar-refractivity contribution in [3.05, 3.63) is 66.5 Å². The number of rotatable bonds is 2. The Morgan fingerprint density at radius 3 is 1.79 bits per heavy atom. The number of anilines is 1. The number of nitrogen functional groups attached to an aromatic ring is 1. The molecule has 2 N–H and O–H groups in total. The van der Waals surface area contributed by atoms with Crippen molar-refractivity contribution in [2.24, 2.45) is 0 Å². The number of benzene rings is 2. The Labute approximate surface area is 139 Å². The third kappa shape index (κ3) is 2.46. The molecule has 0 saturated heterocycles. The molecule has 5 heteroatoms. The van der Waals surface area contributed by atoms with Crippen LogP contribution >= 0.6 is 0 Å². The molecule has 0 aliphatic rings. The maximum absolute atomic E-state index is 6.04. The van der Waals surface area contributed by atoms with Gasteiger partial charge in [0.1, 0.15) is 5.82 Å². The second-order valence-electron chi connectivity index (χ2n) is 5.48. The van der Waals surface area contributed by atoms with Gasteiger partial charge in [-0.3, -0.25) is 0 Å².